The second-order valence-corrected chi connectivity index (χ2v) is 7.40. The summed E-state index contributed by atoms with van der Waals surface area (Å²) in [5.74, 6) is -1.92. The van der Waals surface area contributed by atoms with Crippen LogP contribution in [0.1, 0.15) is 27.2 Å². The van der Waals surface area contributed by atoms with Gasteiger partial charge in [-0.2, -0.15) is 4.37 Å². The van der Waals surface area contributed by atoms with E-state index in [4.69, 9.17) is 4.74 Å². The third kappa shape index (κ3) is 5.15. The predicted molar refractivity (Wildman–Crippen MR) is 111 cm³/mol. The van der Waals surface area contributed by atoms with Crippen LogP contribution in [0.5, 0.6) is 5.88 Å². The van der Waals surface area contributed by atoms with Gasteiger partial charge in [-0.15, -0.1) is 0 Å². The number of carbonyl (C=O) groups excluding carboxylic acids is 1. The molecule has 0 saturated heterocycles. The monoisotopic (exact) mass is 432 g/mol. The molecule has 2 heterocycles. The van der Waals surface area contributed by atoms with Gasteiger partial charge in [0.15, 0.2) is 5.56 Å². The van der Waals surface area contributed by atoms with Gasteiger partial charge in [-0.3, -0.25) is 5.32 Å². The topological polar surface area (TPSA) is 105 Å². The summed E-state index contributed by atoms with van der Waals surface area (Å²) in [5, 5.41) is 14.7. The first kappa shape index (κ1) is 21.3. The lowest BCUT2D eigenvalue weighted by Gasteiger charge is -2.08. The number of benzene rings is 1. The average Bonchev–Trinajstić information content (AvgIpc) is 3.27. The van der Waals surface area contributed by atoms with E-state index in [-0.39, 0.29) is 28.6 Å². The SMILES string of the molecule is Cc1ccc(COc2nsc(NC(=O)NCCc3cccn3C)c2C(=O)O)c(F)c1. The van der Waals surface area contributed by atoms with E-state index in [1.165, 1.54) is 6.07 Å². The maximum Gasteiger partial charge on any atom is 0.344 e. The number of aromatic carboxylic acids is 1. The molecule has 0 saturated carbocycles. The van der Waals surface area contributed by atoms with E-state index in [2.05, 4.69) is 15.0 Å². The van der Waals surface area contributed by atoms with Crippen molar-refractivity contribution in [1.29, 1.82) is 0 Å². The zero-order valence-corrected chi connectivity index (χ0v) is 17.3. The largest absolute Gasteiger partial charge is 0.477 e. The average molecular weight is 432 g/mol. The van der Waals surface area contributed by atoms with E-state index in [9.17, 15) is 19.1 Å². The van der Waals surface area contributed by atoms with Crippen LogP contribution in [0.2, 0.25) is 0 Å². The summed E-state index contributed by atoms with van der Waals surface area (Å²) in [7, 11) is 1.91. The van der Waals surface area contributed by atoms with Crippen LogP contribution in [0.25, 0.3) is 0 Å². The molecule has 0 atom stereocenters. The first-order valence-corrected chi connectivity index (χ1v) is 9.88. The zero-order valence-electron chi connectivity index (χ0n) is 16.4. The summed E-state index contributed by atoms with van der Waals surface area (Å²) in [4.78, 5) is 23.8. The number of aryl methyl sites for hydroxylation is 2. The molecule has 3 rings (SSSR count). The number of hydrogen-bond donors (Lipinski definition) is 3. The summed E-state index contributed by atoms with van der Waals surface area (Å²) in [6, 6.07) is 7.98. The maximum absolute atomic E-state index is 14.0. The fourth-order valence-corrected chi connectivity index (χ4v) is 3.49. The van der Waals surface area contributed by atoms with E-state index in [0.717, 1.165) is 22.8 Å². The molecular weight excluding hydrogens is 411 g/mol. The van der Waals surface area contributed by atoms with Gasteiger partial charge in [-0.1, -0.05) is 12.1 Å². The molecule has 1 aromatic carbocycles. The summed E-state index contributed by atoms with van der Waals surface area (Å²) < 4.78 is 25.3. The van der Waals surface area contributed by atoms with Gasteiger partial charge in [-0.05, 0) is 42.2 Å². The van der Waals surface area contributed by atoms with Crippen LogP contribution in [0, 0.1) is 12.7 Å². The number of anilines is 1. The van der Waals surface area contributed by atoms with Crippen molar-refractivity contribution in [2.75, 3.05) is 11.9 Å². The number of halogens is 1. The number of carbonyl (C=O) groups is 2. The molecule has 2 aromatic heterocycles. The minimum atomic E-state index is -1.30. The number of aromatic nitrogens is 2. The van der Waals surface area contributed by atoms with E-state index >= 15 is 0 Å². The normalized spacial score (nSPS) is 10.6. The number of ether oxygens (including phenoxy) is 1. The van der Waals surface area contributed by atoms with Crippen LogP contribution < -0.4 is 15.4 Å². The molecule has 0 unspecified atom stereocenters. The highest BCUT2D eigenvalue weighted by molar-refractivity contribution is 7.11. The van der Waals surface area contributed by atoms with E-state index in [1.807, 2.05) is 29.9 Å². The third-order valence-corrected chi connectivity index (χ3v) is 5.14. The molecule has 8 nitrogen and oxygen atoms in total. The smallest absolute Gasteiger partial charge is 0.344 e. The standard InChI is InChI=1S/C20H21FN4O4S/c1-12-5-6-13(15(21)10-12)11-29-17-16(19(26)27)18(30-24-17)23-20(28)22-8-7-14-4-3-9-25(14)2/h3-6,9-10H,7-8,11H2,1-2H3,(H,26,27)(H2,22,23,28). The van der Waals surface area contributed by atoms with Crippen molar-refractivity contribution < 1.29 is 23.8 Å². The lowest BCUT2D eigenvalue weighted by atomic mass is 10.1. The van der Waals surface area contributed by atoms with E-state index in [1.54, 1.807) is 19.1 Å². The Bertz CT molecular complexity index is 1060. The summed E-state index contributed by atoms with van der Waals surface area (Å²) in [6.07, 6.45) is 2.54. The maximum atomic E-state index is 14.0. The van der Waals surface area contributed by atoms with E-state index < -0.39 is 17.8 Å². The minimum absolute atomic E-state index is 0.0400. The van der Waals surface area contributed by atoms with Crippen molar-refractivity contribution in [2.24, 2.45) is 7.05 Å². The molecule has 3 aromatic rings. The number of urea groups is 1. The Labute approximate surface area is 176 Å². The van der Waals surface area contributed by atoms with Gasteiger partial charge in [0, 0.05) is 37.5 Å². The van der Waals surface area contributed by atoms with Crippen molar-refractivity contribution in [3.63, 3.8) is 0 Å². The number of rotatable bonds is 8. The Morgan fingerprint density at radius 2 is 2.13 bits per heavy atom. The molecule has 0 aliphatic rings. The number of carboxylic acid groups (broad SMARTS) is 1. The van der Waals surface area contributed by atoms with Crippen LogP contribution in [0.4, 0.5) is 14.2 Å². The number of hydrogen-bond acceptors (Lipinski definition) is 5. The van der Waals surface area contributed by atoms with Crippen molar-refractivity contribution >= 4 is 28.5 Å². The molecule has 30 heavy (non-hydrogen) atoms. The molecule has 3 N–H and O–H groups in total. The molecule has 2 amide bonds. The van der Waals surface area contributed by atoms with Gasteiger partial charge in [0.2, 0.25) is 5.88 Å². The molecule has 0 spiro atoms. The fourth-order valence-electron chi connectivity index (χ4n) is 2.77. The van der Waals surface area contributed by atoms with Crippen molar-refractivity contribution in [2.45, 2.75) is 20.0 Å². The Hall–Kier alpha value is -3.40. The van der Waals surface area contributed by atoms with Gasteiger partial charge in [0.1, 0.15) is 17.4 Å². The Kier molecular flexibility index (Phi) is 6.68. The molecule has 10 heteroatoms. The van der Waals surface area contributed by atoms with Crippen LogP contribution in [-0.2, 0) is 20.1 Å². The van der Waals surface area contributed by atoms with Gasteiger partial charge in [0.05, 0.1) is 0 Å². The number of amides is 2. The van der Waals surface area contributed by atoms with Crippen molar-refractivity contribution in [1.82, 2.24) is 14.3 Å². The number of carboxylic acids is 1. The Morgan fingerprint density at radius 1 is 1.33 bits per heavy atom. The van der Waals surface area contributed by atoms with Gasteiger partial charge in [-0.25, -0.2) is 14.0 Å². The summed E-state index contributed by atoms with van der Waals surface area (Å²) in [5.41, 5.74) is 1.82. The molecule has 0 aliphatic carbocycles. The highest BCUT2D eigenvalue weighted by Crippen LogP contribution is 2.31. The molecular formula is C20H21FN4O4S. The van der Waals surface area contributed by atoms with Gasteiger partial charge < -0.3 is 19.7 Å². The van der Waals surface area contributed by atoms with Crippen molar-refractivity contribution in [3.05, 3.63) is 64.7 Å². The highest BCUT2D eigenvalue weighted by Gasteiger charge is 2.23. The molecule has 0 radical (unpaired) electrons. The lowest BCUT2D eigenvalue weighted by Crippen LogP contribution is -2.30. The molecule has 158 valence electrons. The second kappa shape index (κ2) is 9.40. The fraction of sp³-hybridized carbons (Fsp3) is 0.250. The van der Waals surface area contributed by atoms with Crippen LogP contribution >= 0.6 is 11.5 Å². The van der Waals surface area contributed by atoms with Crippen LogP contribution in [-0.4, -0.2) is 32.6 Å². The summed E-state index contributed by atoms with van der Waals surface area (Å²) in [6.45, 7) is 1.96. The highest BCUT2D eigenvalue weighted by atomic mass is 32.1. The predicted octanol–water partition coefficient (Wildman–Crippen LogP) is 3.57. The van der Waals surface area contributed by atoms with Crippen LogP contribution in [0.3, 0.4) is 0 Å². The minimum Gasteiger partial charge on any atom is -0.477 e. The third-order valence-electron chi connectivity index (χ3n) is 4.39. The Balaban J connectivity index is 1.61. The van der Waals surface area contributed by atoms with Gasteiger partial charge >= 0.3 is 12.0 Å². The summed E-state index contributed by atoms with van der Waals surface area (Å²) >= 11 is 0.783. The van der Waals surface area contributed by atoms with Crippen molar-refractivity contribution in [3.8, 4) is 5.88 Å². The first-order valence-electron chi connectivity index (χ1n) is 9.11. The lowest BCUT2D eigenvalue weighted by molar-refractivity contribution is 0.0693. The second-order valence-electron chi connectivity index (χ2n) is 6.62. The number of nitrogens with one attached hydrogen (secondary N) is 2. The van der Waals surface area contributed by atoms with Gasteiger partial charge in [0.25, 0.3) is 0 Å². The molecule has 0 fully saturated rings. The molecule has 0 bridgehead atoms. The number of nitrogens with zero attached hydrogens (tertiary/aromatic N) is 2. The zero-order chi connectivity index (χ0) is 21.7. The van der Waals surface area contributed by atoms with E-state index in [0.29, 0.717) is 13.0 Å². The molecule has 0 aliphatic heterocycles. The Morgan fingerprint density at radius 3 is 2.80 bits per heavy atom. The quantitative estimate of drug-likeness (QED) is 0.505. The van der Waals surface area contributed by atoms with Crippen LogP contribution in [0.15, 0.2) is 36.5 Å². The first-order chi connectivity index (χ1) is 14.3.